The molecule has 1 saturated heterocycles. The van der Waals surface area contributed by atoms with Gasteiger partial charge in [-0.25, -0.2) is 0 Å². The van der Waals surface area contributed by atoms with Gasteiger partial charge in [0.2, 0.25) is 0 Å². The number of alkyl halides is 1. The monoisotopic (exact) mass is 322 g/mol. The summed E-state index contributed by atoms with van der Waals surface area (Å²) in [5.74, 6) is 2.49. The Kier molecular flexibility index (Phi) is 8.22. The maximum absolute atomic E-state index is 5.69. The number of rotatable bonds is 9. The van der Waals surface area contributed by atoms with Crippen molar-refractivity contribution in [2.24, 2.45) is 5.41 Å². The summed E-state index contributed by atoms with van der Waals surface area (Å²) in [5, 5.41) is 1.15. The minimum absolute atomic E-state index is 0.521. The summed E-state index contributed by atoms with van der Waals surface area (Å²) < 4.78 is 5.69. The molecule has 0 aromatic carbocycles. The SMILES string of the molecule is CCCC(CBr)(CCC)CSCC1CCCO1. The van der Waals surface area contributed by atoms with Crippen LogP contribution in [0.2, 0.25) is 0 Å². The van der Waals surface area contributed by atoms with Gasteiger partial charge in [0.25, 0.3) is 0 Å². The molecule has 102 valence electrons. The maximum Gasteiger partial charge on any atom is 0.0666 e. The molecule has 1 rings (SSSR count). The predicted octanol–water partition coefficient (Wildman–Crippen LogP) is 4.88. The lowest BCUT2D eigenvalue weighted by Crippen LogP contribution is -2.26. The molecule has 0 radical (unpaired) electrons. The van der Waals surface area contributed by atoms with Gasteiger partial charge in [-0.1, -0.05) is 42.6 Å². The molecule has 0 aromatic heterocycles. The predicted molar refractivity (Wildman–Crippen MR) is 82.3 cm³/mol. The molecule has 1 aliphatic rings. The number of thioether (sulfide) groups is 1. The van der Waals surface area contributed by atoms with Crippen molar-refractivity contribution in [3.05, 3.63) is 0 Å². The molecule has 1 aliphatic heterocycles. The van der Waals surface area contributed by atoms with Crippen LogP contribution in [0.4, 0.5) is 0 Å². The van der Waals surface area contributed by atoms with Gasteiger partial charge in [0, 0.05) is 17.7 Å². The molecule has 1 nitrogen and oxygen atoms in total. The Morgan fingerprint density at radius 2 is 2.00 bits per heavy atom. The highest BCUT2D eigenvalue weighted by atomic mass is 79.9. The van der Waals surface area contributed by atoms with E-state index in [0.29, 0.717) is 11.5 Å². The van der Waals surface area contributed by atoms with Crippen molar-refractivity contribution >= 4 is 27.7 Å². The number of ether oxygens (including phenoxy) is 1. The first-order valence-corrected chi connectivity index (χ1v) is 9.29. The third kappa shape index (κ3) is 5.52. The Morgan fingerprint density at radius 1 is 1.29 bits per heavy atom. The first-order valence-electron chi connectivity index (χ1n) is 7.01. The molecular weight excluding hydrogens is 296 g/mol. The van der Waals surface area contributed by atoms with E-state index in [1.54, 1.807) is 0 Å². The normalized spacial score (nSPS) is 21.0. The van der Waals surface area contributed by atoms with Crippen LogP contribution in [0.25, 0.3) is 0 Å². The van der Waals surface area contributed by atoms with Crippen LogP contribution >= 0.6 is 27.7 Å². The van der Waals surface area contributed by atoms with Crippen molar-refractivity contribution in [2.75, 3.05) is 23.4 Å². The van der Waals surface area contributed by atoms with E-state index in [0.717, 1.165) is 11.9 Å². The summed E-state index contributed by atoms with van der Waals surface area (Å²) in [6, 6.07) is 0. The lowest BCUT2D eigenvalue weighted by molar-refractivity contribution is 0.128. The Hall–Kier alpha value is 0.790. The van der Waals surface area contributed by atoms with Crippen LogP contribution in [0.1, 0.15) is 52.4 Å². The second-order valence-corrected chi connectivity index (χ2v) is 6.87. The summed E-state index contributed by atoms with van der Waals surface area (Å²) in [7, 11) is 0. The van der Waals surface area contributed by atoms with Gasteiger partial charge in [-0.15, -0.1) is 0 Å². The van der Waals surface area contributed by atoms with E-state index in [4.69, 9.17) is 4.74 Å². The summed E-state index contributed by atoms with van der Waals surface area (Å²) in [6.45, 7) is 5.59. The molecule has 0 aromatic rings. The zero-order valence-electron chi connectivity index (χ0n) is 11.3. The van der Waals surface area contributed by atoms with Crippen molar-refractivity contribution in [1.29, 1.82) is 0 Å². The minimum Gasteiger partial charge on any atom is -0.377 e. The van der Waals surface area contributed by atoms with Crippen LogP contribution in [-0.4, -0.2) is 29.5 Å². The van der Waals surface area contributed by atoms with Crippen molar-refractivity contribution in [3.8, 4) is 0 Å². The molecule has 1 fully saturated rings. The fourth-order valence-corrected chi connectivity index (χ4v) is 5.17. The second-order valence-electron chi connectivity index (χ2n) is 5.28. The number of halogens is 1. The molecule has 0 saturated carbocycles. The van der Waals surface area contributed by atoms with E-state index in [1.165, 1.54) is 50.0 Å². The van der Waals surface area contributed by atoms with Gasteiger partial charge in [0.05, 0.1) is 6.10 Å². The van der Waals surface area contributed by atoms with E-state index >= 15 is 0 Å². The molecule has 0 bridgehead atoms. The van der Waals surface area contributed by atoms with Crippen molar-refractivity contribution < 1.29 is 4.74 Å². The standard InChI is InChI=1S/C14H27BrOS/c1-3-7-14(11-15,8-4-2)12-17-10-13-6-5-9-16-13/h13H,3-12H2,1-2H3. The number of hydrogen-bond donors (Lipinski definition) is 0. The van der Waals surface area contributed by atoms with E-state index in [-0.39, 0.29) is 0 Å². The quantitative estimate of drug-likeness (QED) is 0.559. The fourth-order valence-electron chi connectivity index (χ4n) is 2.68. The van der Waals surface area contributed by atoms with E-state index < -0.39 is 0 Å². The molecule has 0 N–H and O–H groups in total. The molecule has 17 heavy (non-hydrogen) atoms. The average Bonchev–Trinajstić information content (AvgIpc) is 2.82. The summed E-state index contributed by atoms with van der Waals surface area (Å²) in [6.07, 6.45) is 8.37. The van der Waals surface area contributed by atoms with Gasteiger partial charge in [0.15, 0.2) is 0 Å². The molecule has 3 heteroatoms. The molecule has 1 atom stereocenters. The van der Waals surface area contributed by atoms with Gasteiger partial charge >= 0.3 is 0 Å². The topological polar surface area (TPSA) is 9.23 Å². The van der Waals surface area contributed by atoms with Crippen LogP contribution in [0.5, 0.6) is 0 Å². The minimum atomic E-state index is 0.521. The van der Waals surface area contributed by atoms with Gasteiger partial charge in [-0.3, -0.25) is 0 Å². The van der Waals surface area contributed by atoms with E-state index in [1.807, 2.05) is 0 Å². The third-order valence-electron chi connectivity index (χ3n) is 3.58. The lowest BCUT2D eigenvalue weighted by atomic mass is 9.83. The molecule has 0 aliphatic carbocycles. The van der Waals surface area contributed by atoms with Gasteiger partial charge in [0.1, 0.15) is 0 Å². The Balaban J connectivity index is 2.30. The Morgan fingerprint density at radius 3 is 2.47 bits per heavy atom. The average molecular weight is 323 g/mol. The van der Waals surface area contributed by atoms with Crippen molar-refractivity contribution in [2.45, 2.75) is 58.5 Å². The highest BCUT2D eigenvalue weighted by Crippen LogP contribution is 2.36. The van der Waals surface area contributed by atoms with Crippen LogP contribution in [0.3, 0.4) is 0 Å². The largest absolute Gasteiger partial charge is 0.377 e. The van der Waals surface area contributed by atoms with Crippen LogP contribution in [0, 0.1) is 5.41 Å². The Labute approximate surface area is 120 Å². The van der Waals surface area contributed by atoms with E-state index in [9.17, 15) is 0 Å². The fraction of sp³-hybridized carbons (Fsp3) is 1.00. The Bertz CT molecular complexity index is 187. The van der Waals surface area contributed by atoms with Crippen molar-refractivity contribution in [1.82, 2.24) is 0 Å². The first kappa shape index (κ1) is 15.8. The van der Waals surface area contributed by atoms with Gasteiger partial charge < -0.3 is 4.74 Å². The van der Waals surface area contributed by atoms with E-state index in [2.05, 4.69) is 41.5 Å². The molecule has 0 spiro atoms. The maximum atomic E-state index is 5.69. The highest BCUT2D eigenvalue weighted by molar-refractivity contribution is 9.09. The summed E-state index contributed by atoms with van der Waals surface area (Å²) >= 11 is 5.85. The molecule has 1 heterocycles. The van der Waals surface area contributed by atoms with Crippen molar-refractivity contribution in [3.63, 3.8) is 0 Å². The summed E-state index contributed by atoms with van der Waals surface area (Å²) in [5.41, 5.74) is 0.521. The zero-order chi connectivity index (χ0) is 12.6. The lowest BCUT2D eigenvalue weighted by Gasteiger charge is -2.31. The van der Waals surface area contributed by atoms with Gasteiger partial charge in [-0.05, 0) is 36.9 Å². The third-order valence-corrected chi connectivity index (χ3v) is 6.19. The molecular formula is C14H27BrOS. The summed E-state index contributed by atoms with van der Waals surface area (Å²) in [4.78, 5) is 0. The van der Waals surface area contributed by atoms with Gasteiger partial charge in [-0.2, -0.15) is 11.8 Å². The first-order chi connectivity index (χ1) is 8.26. The second kappa shape index (κ2) is 8.82. The smallest absolute Gasteiger partial charge is 0.0666 e. The highest BCUT2D eigenvalue weighted by Gasteiger charge is 2.27. The molecule has 0 amide bonds. The van der Waals surface area contributed by atoms with Crippen LogP contribution in [-0.2, 0) is 4.74 Å². The number of hydrogen-bond acceptors (Lipinski definition) is 2. The zero-order valence-corrected chi connectivity index (χ0v) is 13.7. The van der Waals surface area contributed by atoms with Crippen LogP contribution < -0.4 is 0 Å². The van der Waals surface area contributed by atoms with Crippen LogP contribution in [0.15, 0.2) is 0 Å². The molecule has 1 unspecified atom stereocenters.